The Kier molecular flexibility index (Phi) is 4.61. The van der Waals surface area contributed by atoms with Gasteiger partial charge in [0.1, 0.15) is 0 Å². The lowest BCUT2D eigenvalue weighted by atomic mass is 9.89. The van der Waals surface area contributed by atoms with Crippen molar-refractivity contribution in [2.45, 2.75) is 52.1 Å². The van der Waals surface area contributed by atoms with Crippen LogP contribution in [-0.4, -0.2) is 57.8 Å². The van der Waals surface area contributed by atoms with E-state index in [1.807, 2.05) is 6.07 Å². The molecule has 4 rings (SSSR count). The van der Waals surface area contributed by atoms with Crippen LogP contribution < -0.4 is 0 Å². The van der Waals surface area contributed by atoms with Crippen molar-refractivity contribution in [3.63, 3.8) is 0 Å². The number of amides is 1. The molecule has 2 fully saturated rings. The quantitative estimate of drug-likeness (QED) is 0.859. The fourth-order valence-corrected chi connectivity index (χ4v) is 3.56. The summed E-state index contributed by atoms with van der Waals surface area (Å²) in [5.74, 6) is -0.930. The first-order valence-electron chi connectivity index (χ1n) is 9.66. The average molecular weight is 387 g/mol. The number of aromatic nitrogens is 2. The fraction of sp³-hybridized carbons (Fsp3) is 0.600. The Bertz CT molecular complexity index is 926. The Morgan fingerprint density at radius 2 is 2.07 bits per heavy atom. The molecule has 28 heavy (non-hydrogen) atoms. The van der Waals surface area contributed by atoms with Crippen LogP contribution >= 0.6 is 0 Å². The summed E-state index contributed by atoms with van der Waals surface area (Å²) in [5.41, 5.74) is 2.40. The molecule has 1 aliphatic carbocycles. The molecular formula is C20H25N3O5. The van der Waals surface area contributed by atoms with Crippen molar-refractivity contribution < 1.29 is 24.0 Å². The van der Waals surface area contributed by atoms with Gasteiger partial charge in [-0.05, 0) is 30.7 Å². The second kappa shape index (κ2) is 6.84. The summed E-state index contributed by atoms with van der Waals surface area (Å²) in [5, 5.41) is 14.1. The summed E-state index contributed by atoms with van der Waals surface area (Å²) >= 11 is 0. The van der Waals surface area contributed by atoms with E-state index in [9.17, 15) is 14.7 Å². The molecule has 1 amide bonds. The minimum atomic E-state index is -1.06. The highest BCUT2D eigenvalue weighted by Crippen LogP contribution is 2.41. The molecule has 1 saturated carbocycles. The van der Waals surface area contributed by atoms with E-state index in [0.717, 1.165) is 18.5 Å². The number of rotatable bonds is 4. The maximum absolute atomic E-state index is 13.4. The van der Waals surface area contributed by atoms with Crippen LogP contribution in [0.4, 0.5) is 0 Å². The van der Waals surface area contributed by atoms with Gasteiger partial charge in [0.2, 0.25) is 0 Å². The number of nitrogens with zero attached hydrogens (tertiary/aromatic N) is 3. The van der Waals surface area contributed by atoms with Crippen molar-refractivity contribution in [2.24, 2.45) is 5.41 Å². The molecule has 0 radical (unpaired) electrons. The zero-order valence-corrected chi connectivity index (χ0v) is 16.4. The summed E-state index contributed by atoms with van der Waals surface area (Å²) in [6.45, 7) is 6.87. The summed E-state index contributed by atoms with van der Waals surface area (Å²) in [6.07, 6.45) is 1.74. The maximum atomic E-state index is 13.4. The van der Waals surface area contributed by atoms with E-state index in [-0.39, 0.29) is 24.5 Å². The first-order chi connectivity index (χ1) is 13.2. The molecule has 2 aliphatic rings. The zero-order chi connectivity index (χ0) is 20.1. The lowest BCUT2D eigenvalue weighted by molar-refractivity contribution is -0.154. The second-order valence-electron chi connectivity index (χ2n) is 8.86. The van der Waals surface area contributed by atoms with Crippen LogP contribution in [0.1, 0.15) is 61.3 Å². The van der Waals surface area contributed by atoms with E-state index < -0.39 is 12.1 Å². The molecule has 0 bridgehead atoms. The maximum Gasteiger partial charge on any atom is 0.334 e. The molecule has 2 aromatic heterocycles. The van der Waals surface area contributed by atoms with Gasteiger partial charge in [0.05, 0.1) is 29.8 Å². The molecule has 1 N–H and O–H groups in total. The Morgan fingerprint density at radius 3 is 2.71 bits per heavy atom. The van der Waals surface area contributed by atoms with Crippen molar-refractivity contribution in [1.29, 1.82) is 0 Å². The third kappa shape index (κ3) is 3.73. The number of carbonyl (C=O) groups is 2. The highest BCUT2D eigenvalue weighted by Gasteiger charge is 2.34. The van der Waals surface area contributed by atoms with E-state index in [4.69, 9.17) is 9.26 Å². The normalized spacial score (nSPS) is 20.5. The molecule has 3 heterocycles. The molecule has 1 unspecified atom stereocenters. The van der Waals surface area contributed by atoms with Gasteiger partial charge in [0.15, 0.2) is 6.10 Å². The number of carboxylic acid groups (broad SMARTS) is 1. The summed E-state index contributed by atoms with van der Waals surface area (Å²) in [7, 11) is 0. The van der Waals surface area contributed by atoms with Gasteiger partial charge in [-0.1, -0.05) is 25.9 Å². The van der Waals surface area contributed by atoms with Gasteiger partial charge in [-0.3, -0.25) is 4.79 Å². The van der Waals surface area contributed by atoms with E-state index >= 15 is 0 Å². The van der Waals surface area contributed by atoms with E-state index in [1.165, 1.54) is 0 Å². The van der Waals surface area contributed by atoms with Crippen LogP contribution in [0.3, 0.4) is 0 Å². The minimum absolute atomic E-state index is 0.0244. The Balaban J connectivity index is 1.76. The van der Waals surface area contributed by atoms with Crippen molar-refractivity contribution in [3.05, 3.63) is 23.0 Å². The molecular weight excluding hydrogens is 362 g/mol. The second-order valence-corrected chi connectivity index (χ2v) is 8.86. The van der Waals surface area contributed by atoms with Gasteiger partial charge in [0.25, 0.3) is 11.6 Å². The topological polar surface area (TPSA) is 106 Å². The lowest BCUT2D eigenvalue weighted by Crippen LogP contribution is -2.48. The SMILES string of the molecule is CC(C)(C)Cc1noc2nc(C3CC3)cc(C(=O)N3CCOC(C(=O)O)C3)c12. The molecule has 1 aliphatic heterocycles. The molecule has 1 saturated heterocycles. The summed E-state index contributed by atoms with van der Waals surface area (Å²) < 4.78 is 10.8. The van der Waals surface area contributed by atoms with E-state index in [2.05, 4.69) is 30.9 Å². The first kappa shape index (κ1) is 18.9. The van der Waals surface area contributed by atoms with Crippen LogP contribution in [0.15, 0.2) is 10.6 Å². The van der Waals surface area contributed by atoms with Crippen molar-refractivity contribution in [2.75, 3.05) is 19.7 Å². The number of pyridine rings is 1. The van der Waals surface area contributed by atoms with Crippen LogP contribution in [0, 0.1) is 5.41 Å². The molecule has 0 aromatic carbocycles. The van der Waals surface area contributed by atoms with Crippen LogP contribution in [0.5, 0.6) is 0 Å². The van der Waals surface area contributed by atoms with Gasteiger partial charge in [0, 0.05) is 18.2 Å². The third-order valence-corrected chi connectivity index (χ3v) is 5.09. The molecule has 8 heteroatoms. The van der Waals surface area contributed by atoms with E-state index in [0.29, 0.717) is 41.2 Å². The Hall–Kier alpha value is -2.48. The van der Waals surface area contributed by atoms with Gasteiger partial charge in [-0.25, -0.2) is 9.78 Å². The number of hydrogen-bond acceptors (Lipinski definition) is 6. The van der Waals surface area contributed by atoms with Crippen LogP contribution in [0.25, 0.3) is 11.1 Å². The monoisotopic (exact) mass is 387 g/mol. The van der Waals surface area contributed by atoms with Gasteiger partial charge in [-0.2, -0.15) is 0 Å². The molecule has 0 spiro atoms. The number of carbonyl (C=O) groups excluding carboxylic acids is 1. The van der Waals surface area contributed by atoms with Gasteiger partial charge >= 0.3 is 5.97 Å². The number of carboxylic acids is 1. The zero-order valence-electron chi connectivity index (χ0n) is 16.4. The number of hydrogen-bond donors (Lipinski definition) is 1. The Morgan fingerprint density at radius 1 is 1.32 bits per heavy atom. The number of aliphatic carboxylic acids is 1. The van der Waals surface area contributed by atoms with Crippen LogP contribution in [-0.2, 0) is 16.0 Å². The minimum Gasteiger partial charge on any atom is -0.479 e. The van der Waals surface area contributed by atoms with Gasteiger partial charge < -0.3 is 19.3 Å². The number of ether oxygens (including phenoxy) is 1. The predicted molar refractivity (Wildman–Crippen MR) is 100 cm³/mol. The Labute approximate surface area is 162 Å². The standard InChI is InChI=1S/C20H25N3O5/c1-20(2,3)9-14-16-12(8-13(11-4-5-11)21-17(16)28-22-14)18(24)23-6-7-27-15(10-23)19(25)26/h8,11,15H,4-7,9-10H2,1-3H3,(H,25,26). The number of fused-ring (bicyclic) bond motifs is 1. The van der Waals surface area contributed by atoms with Gasteiger partial charge in [-0.15, -0.1) is 0 Å². The smallest absolute Gasteiger partial charge is 0.334 e. The largest absolute Gasteiger partial charge is 0.479 e. The number of morpholine rings is 1. The summed E-state index contributed by atoms with van der Waals surface area (Å²) in [6, 6.07) is 1.84. The summed E-state index contributed by atoms with van der Waals surface area (Å²) in [4.78, 5) is 30.8. The average Bonchev–Trinajstić information content (AvgIpc) is 3.42. The third-order valence-electron chi connectivity index (χ3n) is 5.09. The van der Waals surface area contributed by atoms with E-state index in [1.54, 1.807) is 4.90 Å². The highest BCUT2D eigenvalue weighted by atomic mass is 16.5. The molecule has 1 atom stereocenters. The highest BCUT2D eigenvalue weighted by molar-refractivity contribution is 6.06. The van der Waals surface area contributed by atoms with Crippen molar-refractivity contribution in [3.8, 4) is 0 Å². The molecule has 150 valence electrons. The van der Waals surface area contributed by atoms with Crippen molar-refractivity contribution in [1.82, 2.24) is 15.0 Å². The fourth-order valence-electron chi connectivity index (χ4n) is 3.56. The molecule has 2 aromatic rings. The first-order valence-corrected chi connectivity index (χ1v) is 9.66. The van der Waals surface area contributed by atoms with Crippen LogP contribution in [0.2, 0.25) is 0 Å². The lowest BCUT2D eigenvalue weighted by Gasteiger charge is -2.31. The van der Waals surface area contributed by atoms with Crippen molar-refractivity contribution >= 4 is 23.0 Å². The molecule has 8 nitrogen and oxygen atoms in total. The predicted octanol–water partition coefficient (Wildman–Crippen LogP) is 2.61.